The van der Waals surface area contributed by atoms with Crippen LogP contribution in [0, 0.1) is 12.8 Å². The zero-order valence-electron chi connectivity index (χ0n) is 15.9. The number of nitrogens with zero attached hydrogens (tertiary/aromatic N) is 2. The number of amides is 2. The molecule has 26 heavy (non-hydrogen) atoms. The summed E-state index contributed by atoms with van der Waals surface area (Å²) in [7, 11) is 0. The summed E-state index contributed by atoms with van der Waals surface area (Å²) >= 11 is 0. The monoisotopic (exact) mass is 358 g/mol. The second-order valence-corrected chi connectivity index (χ2v) is 6.92. The fraction of sp³-hybridized carbons (Fsp3) is 0.500. The molecule has 1 aromatic heterocycles. The van der Waals surface area contributed by atoms with Crippen LogP contribution in [0.25, 0.3) is 11.0 Å². The van der Waals surface area contributed by atoms with E-state index in [1.54, 1.807) is 4.90 Å². The minimum atomic E-state index is -0.117. The Labute approximate surface area is 153 Å². The molecule has 0 aliphatic carbocycles. The van der Waals surface area contributed by atoms with Crippen molar-refractivity contribution in [1.29, 1.82) is 0 Å². The van der Waals surface area contributed by atoms with Gasteiger partial charge in [-0.1, -0.05) is 13.8 Å². The van der Waals surface area contributed by atoms with Crippen LogP contribution in [0.5, 0.6) is 5.75 Å². The van der Waals surface area contributed by atoms with Crippen LogP contribution in [0.1, 0.15) is 36.9 Å². The Hall–Kier alpha value is -2.50. The van der Waals surface area contributed by atoms with Crippen molar-refractivity contribution in [3.63, 3.8) is 0 Å². The van der Waals surface area contributed by atoms with Crippen LogP contribution < -0.4 is 4.74 Å². The largest absolute Gasteiger partial charge is 0.494 e. The van der Waals surface area contributed by atoms with Gasteiger partial charge in [0, 0.05) is 43.0 Å². The lowest BCUT2D eigenvalue weighted by molar-refractivity contribution is -0.135. The first-order valence-electron chi connectivity index (χ1n) is 9.16. The number of carbonyl (C=O) groups excluding carboxylic acids is 2. The number of ether oxygens (including phenoxy) is 1. The van der Waals surface area contributed by atoms with Gasteiger partial charge in [-0.25, -0.2) is 0 Å². The molecule has 6 nitrogen and oxygen atoms in total. The SMILES string of the molecule is CCOc1ccc2oc(C(=O)N3CCN(C(=O)C(C)C)CC3)c(C)c2c1. The summed E-state index contributed by atoms with van der Waals surface area (Å²) in [6.07, 6.45) is 0. The quantitative estimate of drug-likeness (QED) is 0.843. The maximum Gasteiger partial charge on any atom is 0.290 e. The van der Waals surface area contributed by atoms with Gasteiger partial charge < -0.3 is 19.0 Å². The van der Waals surface area contributed by atoms with Gasteiger partial charge in [-0.05, 0) is 32.0 Å². The molecule has 0 N–H and O–H groups in total. The molecule has 0 spiro atoms. The van der Waals surface area contributed by atoms with Crippen molar-refractivity contribution in [1.82, 2.24) is 9.80 Å². The maximum absolute atomic E-state index is 12.9. The maximum atomic E-state index is 12.9. The Bertz CT molecular complexity index is 817. The van der Waals surface area contributed by atoms with Gasteiger partial charge in [0.05, 0.1) is 6.61 Å². The van der Waals surface area contributed by atoms with E-state index in [2.05, 4.69) is 0 Å². The smallest absolute Gasteiger partial charge is 0.290 e. The average Bonchev–Trinajstić information content (AvgIpc) is 2.97. The van der Waals surface area contributed by atoms with Crippen molar-refractivity contribution < 1.29 is 18.7 Å². The first-order chi connectivity index (χ1) is 12.4. The summed E-state index contributed by atoms with van der Waals surface area (Å²) in [6.45, 7) is 10.4. The molecule has 140 valence electrons. The normalized spacial score (nSPS) is 15.0. The first-order valence-corrected chi connectivity index (χ1v) is 9.16. The molecule has 6 heteroatoms. The number of benzene rings is 1. The van der Waals surface area contributed by atoms with E-state index in [1.165, 1.54) is 0 Å². The van der Waals surface area contributed by atoms with Crippen LogP contribution >= 0.6 is 0 Å². The number of carbonyl (C=O) groups is 2. The number of piperazine rings is 1. The van der Waals surface area contributed by atoms with E-state index in [-0.39, 0.29) is 17.7 Å². The summed E-state index contributed by atoms with van der Waals surface area (Å²) < 4.78 is 11.4. The van der Waals surface area contributed by atoms with Crippen LogP contribution in [0.3, 0.4) is 0 Å². The van der Waals surface area contributed by atoms with Gasteiger partial charge in [0.1, 0.15) is 11.3 Å². The molecule has 3 rings (SSSR count). The highest BCUT2D eigenvalue weighted by Gasteiger charge is 2.29. The van der Waals surface area contributed by atoms with E-state index < -0.39 is 0 Å². The van der Waals surface area contributed by atoms with Crippen molar-refractivity contribution >= 4 is 22.8 Å². The Balaban J connectivity index is 1.76. The highest BCUT2D eigenvalue weighted by Crippen LogP contribution is 2.30. The van der Waals surface area contributed by atoms with E-state index in [0.29, 0.717) is 44.1 Å². The molecule has 2 heterocycles. The van der Waals surface area contributed by atoms with Crippen LogP contribution in [0.4, 0.5) is 0 Å². The zero-order valence-corrected chi connectivity index (χ0v) is 15.9. The third-order valence-corrected chi connectivity index (χ3v) is 4.79. The van der Waals surface area contributed by atoms with Gasteiger partial charge in [-0.15, -0.1) is 0 Å². The van der Waals surface area contributed by atoms with Gasteiger partial charge in [0.2, 0.25) is 5.91 Å². The highest BCUT2D eigenvalue weighted by atomic mass is 16.5. The number of rotatable bonds is 4. The lowest BCUT2D eigenvalue weighted by Crippen LogP contribution is -2.51. The lowest BCUT2D eigenvalue weighted by Gasteiger charge is -2.35. The van der Waals surface area contributed by atoms with Crippen LogP contribution in [0.15, 0.2) is 22.6 Å². The molecule has 1 fully saturated rings. The molecule has 0 bridgehead atoms. The van der Waals surface area contributed by atoms with Crippen molar-refractivity contribution in [3.05, 3.63) is 29.5 Å². The van der Waals surface area contributed by atoms with E-state index >= 15 is 0 Å². The number of aryl methyl sites for hydroxylation is 1. The third-order valence-electron chi connectivity index (χ3n) is 4.79. The Morgan fingerprint density at radius 3 is 2.42 bits per heavy atom. The van der Waals surface area contributed by atoms with Crippen molar-refractivity contribution in [3.8, 4) is 5.75 Å². The number of fused-ring (bicyclic) bond motifs is 1. The molecule has 1 aliphatic rings. The molecule has 1 aromatic carbocycles. The fourth-order valence-corrected chi connectivity index (χ4v) is 3.30. The van der Waals surface area contributed by atoms with Gasteiger partial charge >= 0.3 is 0 Å². The van der Waals surface area contributed by atoms with E-state index in [1.807, 2.05) is 50.8 Å². The predicted octanol–water partition coefficient (Wildman–Crippen LogP) is 3.08. The average molecular weight is 358 g/mol. The molecule has 1 aliphatic heterocycles. The lowest BCUT2D eigenvalue weighted by atomic mass is 10.1. The summed E-state index contributed by atoms with van der Waals surface area (Å²) in [5, 5.41) is 0.896. The second kappa shape index (κ2) is 7.40. The number of hydrogen-bond acceptors (Lipinski definition) is 4. The summed E-state index contributed by atoms with van der Waals surface area (Å²) in [5.41, 5.74) is 1.51. The Morgan fingerprint density at radius 1 is 1.15 bits per heavy atom. The fourth-order valence-electron chi connectivity index (χ4n) is 3.30. The van der Waals surface area contributed by atoms with Gasteiger partial charge in [0.15, 0.2) is 5.76 Å². The van der Waals surface area contributed by atoms with Gasteiger partial charge in [0.25, 0.3) is 5.91 Å². The topological polar surface area (TPSA) is 63.0 Å². The van der Waals surface area contributed by atoms with E-state index in [9.17, 15) is 9.59 Å². The molecule has 2 amide bonds. The number of hydrogen-bond donors (Lipinski definition) is 0. The molecule has 0 radical (unpaired) electrons. The van der Waals surface area contributed by atoms with Crippen molar-refractivity contribution in [2.75, 3.05) is 32.8 Å². The standard InChI is InChI=1S/C20H26N2O4/c1-5-25-15-6-7-17-16(12-15)14(4)18(26-17)20(24)22-10-8-21(9-11-22)19(23)13(2)3/h6-7,12-13H,5,8-11H2,1-4H3. The van der Waals surface area contributed by atoms with Crippen LogP contribution in [-0.4, -0.2) is 54.4 Å². The van der Waals surface area contributed by atoms with Gasteiger partial charge in [-0.2, -0.15) is 0 Å². The van der Waals surface area contributed by atoms with Crippen LogP contribution in [-0.2, 0) is 4.79 Å². The molecule has 0 atom stereocenters. The summed E-state index contributed by atoms with van der Waals surface area (Å²) in [5.74, 6) is 1.14. The highest BCUT2D eigenvalue weighted by molar-refractivity contribution is 5.99. The first kappa shape index (κ1) is 18.3. The zero-order chi connectivity index (χ0) is 18.8. The molecular formula is C20H26N2O4. The molecule has 1 saturated heterocycles. The minimum absolute atomic E-state index is 0.0191. The number of furan rings is 1. The Kier molecular flexibility index (Phi) is 5.20. The molecular weight excluding hydrogens is 332 g/mol. The summed E-state index contributed by atoms with van der Waals surface area (Å²) in [6, 6.07) is 5.59. The molecule has 0 unspecified atom stereocenters. The second-order valence-electron chi connectivity index (χ2n) is 6.92. The van der Waals surface area contributed by atoms with Crippen molar-refractivity contribution in [2.24, 2.45) is 5.92 Å². The minimum Gasteiger partial charge on any atom is -0.494 e. The molecule has 0 saturated carbocycles. The third kappa shape index (κ3) is 3.41. The van der Waals surface area contributed by atoms with E-state index in [0.717, 1.165) is 16.7 Å². The predicted molar refractivity (Wildman–Crippen MR) is 99.4 cm³/mol. The van der Waals surface area contributed by atoms with E-state index in [4.69, 9.17) is 9.15 Å². The Morgan fingerprint density at radius 2 is 1.81 bits per heavy atom. The van der Waals surface area contributed by atoms with Crippen molar-refractivity contribution in [2.45, 2.75) is 27.7 Å². The molecule has 2 aromatic rings. The van der Waals surface area contributed by atoms with Gasteiger partial charge in [-0.3, -0.25) is 9.59 Å². The summed E-state index contributed by atoms with van der Waals surface area (Å²) in [4.78, 5) is 28.6. The van der Waals surface area contributed by atoms with Crippen LogP contribution in [0.2, 0.25) is 0 Å².